The average Bonchev–Trinajstić information content (AvgIpc) is 2.80. The molecule has 2 bridgehead atoms. The zero-order valence-electron chi connectivity index (χ0n) is 12.3. The predicted octanol–water partition coefficient (Wildman–Crippen LogP) is 2.60. The van der Waals surface area contributed by atoms with Gasteiger partial charge in [-0.1, -0.05) is 15.9 Å². The third-order valence-electron chi connectivity index (χ3n) is 4.59. The number of carbonyl (C=O) groups excluding carboxylic acids is 1. The van der Waals surface area contributed by atoms with Crippen molar-refractivity contribution in [3.63, 3.8) is 0 Å². The third kappa shape index (κ3) is 3.84. The van der Waals surface area contributed by atoms with Crippen LogP contribution in [0, 0.1) is 0 Å². The minimum atomic E-state index is 0.0608. The highest BCUT2D eigenvalue weighted by Crippen LogP contribution is 2.29. The summed E-state index contributed by atoms with van der Waals surface area (Å²) in [5.41, 5.74) is 0.849. The number of nitrogens with zero attached hydrogens (tertiary/aromatic N) is 1. The van der Waals surface area contributed by atoms with Crippen LogP contribution in [0.25, 0.3) is 0 Å². The van der Waals surface area contributed by atoms with Crippen LogP contribution in [-0.4, -0.2) is 42.5 Å². The lowest BCUT2D eigenvalue weighted by Gasteiger charge is -2.35. The van der Waals surface area contributed by atoms with Gasteiger partial charge in [0.15, 0.2) is 0 Å². The quantitative estimate of drug-likeness (QED) is 0.876. The lowest BCUT2D eigenvalue weighted by molar-refractivity contribution is -0.117. The Kier molecular flexibility index (Phi) is 4.62. The van der Waals surface area contributed by atoms with Gasteiger partial charge in [0.2, 0.25) is 5.91 Å². The number of piperidine rings is 1. The van der Waals surface area contributed by atoms with E-state index in [1.165, 1.54) is 25.7 Å². The van der Waals surface area contributed by atoms with E-state index in [4.69, 9.17) is 0 Å². The molecule has 2 N–H and O–H groups in total. The number of hydrogen-bond donors (Lipinski definition) is 2. The predicted molar refractivity (Wildman–Crippen MR) is 88.4 cm³/mol. The van der Waals surface area contributed by atoms with Crippen molar-refractivity contribution in [3.05, 3.63) is 28.7 Å². The summed E-state index contributed by atoms with van der Waals surface area (Å²) >= 11 is 3.39. The summed E-state index contributed by atoms with van der Waals surface area (Å²) in [6.07, 6.45) is 4.91. The van der Waals surface area contributed by atoms with Gasteiger partial charge in [0.05, 0.1) is 6.54 Å². The van der Waals surface area contributed by atoms with E-state index >= 15 is 0 Å². The Morgan fingerprint density at radius 2 is 1.90 bits per heavy atom. The SMILES string of the molecule is CN(CC(=O)Nc1ccc(Br)cc1)C1CC2CCC(C1)N2. The zero-order chi connectivity index (χ0) is 14.8. The second-order valence-electron chi connectivity index (χ2n) is 6.23. The van der Waals surface area contributed by atoms with E-state index in [9.17, 15) is 4.79 Å². The molecule has 21 heavy (non-hydrogen) atoms. The Bertz CT molecular complexity index is 493. The average molecular weight is 352 g/mol. The van der Waals surface area contributed by atoms with Crippen molar-refractivity contribution in [2.75, 3.05) is 18.9 Å². The Morgan fingerprint density at radius 3 is 2.52 bits per heavy atom. The molecule has 1 aromatic rings. The fourth-order valence-corrected chi connectivity index (χ4v) is 3.74. The van der Waals surface area contributed by atoms with Crippen molar-refractivity contribution in [2.24, 2.45) is 0 Å². The van der Waals surface area contributed by atoms with Crippen LogP contribution in [0.5, 0.6) is 0 Å². The standard InChI is InChI=1S/C16H22BrN3O/c1-20(15-8-13-6-7-14(9-15)18-13)10-16(21)19-12-4-2-11(17)3-5-12/h2-5,13-15,18H,6-10H2,1H3,(H,19,21). The number of nitrogens with one attached hydrogen (secondary N) is 2. The minimum absolute atomic E-state index is 0.0608. The molecule has 2 saturated heterocycles. The molecule has 0 saturated carbocycles. The van der Waals surface area contributed by atoms with Crippen molar-refractivity contribution in [1.82, 2.24) is 10.2 Å². The smallest absolute Gasteiger partial charge is 0.238 e. The summed E-state index contributed by atoms with van der Waals surface area (Å²) in [6, 6.07) is 9.53. The highest BCUT2D eigenvalue weighted by Gasteiger charge is 2.35. The number of amides is 1. The molecule has 2 atom stereocenters. The van der Waals surface area contributed by atoms with E-state index in [1.807, 2.05) is 24.3 Å². The Labute approximate surface area is 134 Å². The molecule has 0 spiro atoms. The maximum absolute atomic E-state index is 12.1. The number of halogens is 1. The second kappa shape index (κ2) is 6.46. The first-order valence-corrected chi connectivity index (χ1v) is 8.41. The summed E-state index contributed by atoms with van der Waals surface area (Å²) in [7, 11) is 2.07. The Hall–Kier alpha value is -0.910. The molecule has 5 heteroatoms. The summed E-state index contributed by atoms with van der Waals surface area (Å²) in [5, 5.41) is 6.60. The summed E-state index contributed by atoms with van der Waals surface area (Å²) < 4.78 is 1.02. The van der Waals surface area contributed by atoms with Crippen molar-refractivity contribution < 1.29 is 4.79 Å². The van der Waals surface area contributed by atoms with Crippen molar-refractivity contribution in [3.8, 4) is 0 Å². The third-order valence-corrected chi connectivity index (χ3v) is 5.12. The van der Waals surface area contributed by atoms with Crippen LogP contribution in [0.3, 0.4) is 0 Å². The first-order valence-electron chi connectivity index (χ1n) is 7.62. The molecular weight excluding hydrogens is 330 g/mol. The molecule has 2 heterocycles. The topological polar surface area (TPSA) is 44.4 Å². The van der Waals surface area contributed by atoms with E-state index in [0.29, 0.717) is 24.7 Å². The fraction of sp³-hybridized carbons (Fsp3) is 0.562. The molecule has 2 fully saturated rings. The van der Waals surface area contributed by atoms with Crippen molar-refractivity contribution in [1.29, 1.82) is 0 Å². The first kappa shape index (κ1) is 15.0. The van der Waals surface area contributed by atoms with Gasteiger partial charge in [0.1, 0.15) is 0 Å². The van der Waals surface area contributed by atoms with E-state index in [0.717, 1.165) is 10.2 Å². The van der Waals surface area contributed by atoms with Crippen LogP contribution in [0.15, 0.2) is 28.7 Å². The molecule has 0 aromatic heterocycles. The van der Waals surface area contributed by atoms with Gasteiger partial charge in [-0.25, -0.2) is 0 Å². The number of carbonyl (C=O) groups is 1. The van der Waals surface area contributed by atoms with Crippen LogP contribution >= 0.6 is 15.9 Å². The van der Waals surface area contributed by atoms with E-state index < -0.39 is 0 Å². The molecule has 0 aliphatic carbocycles. The highest BCUT2D eigenvalue weighted by atomic mass is 79.9. The molecule has 1 aromatic carbocycles. The van der Waals surface area contributed by atoms with Crippen LogP contribution in [0.4, 0.5) is 5.69 Å². The minimum Gasteiger partial charge on any atom is -0.325 e. The molecule has 3 rings (SSSR count). The van der Waals surface area contributed by atoms with Gasteiger partial charge < -0.3 is 10.6 Å². The van der Waals surface area contributed by atoms with Gasteiger partial charge >= 0.3 is 0 Å². The van der Waals surface area contributed by atoms with Crippen LogP contribution in [0.1, 0.15) is 25.7 Å². The molecule has 2 unspecified atom stereocenters. The van der Waals surface area contributed by atoms with Crippen molar-refractivity contribution in [2.45, 2.75) is 43.8 Å². The van der Waals surface area contributed by atoms with Gasteiger partial charge in [0.25, 0.3) is 0 Å². The number of fused-ring (bicyclic) bond motifs is 2. The molecule has 4 nitrogen and oxygen atoms in total. The van der Waals surface area contributed by atoms with E-state index in [-0.39, 0.29) is 5.91 Å². The van der Waals surface area contributed by atoms with E-state index in [1.54, 1.807) is 0 Å². The maximum Gasteiger partial charge on any atom is 0.238 e. The number of rotatable bonds is 4. The molecule has 2 aliphatic rings. The number of benzene rings is 1. The van der Waals surface area contributed by atoms with E-state index in [2.05, 4.69) is 38.5 Å². The first-order chi connectivity index (χ1) is 10.1. The van der Waals surface area contributed by atoms with Crippen LogP contribution in [0.2, 0.25) is 0 Å². The Balaban J connectivity index is 1.51. The van der Waals surface area contributed by atoms with Crippen LogP contribution < -0.4 is 10.6 Å². The van der Waals surface area contributed by atoms with Gasteiger partial charge in [-0.05, 0) is 57.0 Å². The molecule has 0 radical (unpaired) electrons. The van der Waals surface area contributed by atoms with Gasteiger partial charge in [-0.3, -0.25) is 9.69 Å². The summed E-state index contributed by atoms with van der Waals surface area (Å²) in [6.45, 7) is 0.459. The fourth-order valence-electron chi connectivity index (χ4n) is 3.48. The zero-order valence-corrected chi connectivity index (χ0v) is 13.9. The lowest BCUT2D eigenvalue weighted by atomic mass is 9.98. The largest absolute Gasteiger partial charge is 0.325 e. The van der Waals surface area contributed by atoms with Gasteiger partial charge in [-0.2, -0.15) is 0 Å². The number of likely N-dealkylation sites (N-methyl/N-ethyl adjacent to an activating group) is 1. The number of anilines is 1. The summed E-state index contributed by atoms with van der Waals surface area (Å²) in [4.78, 5) is 14.4. The molecule has 114 valence electrons. The second-order valence-corrected chi connectivity index (χ2v) is 7.15. The molecule has 1 amide bonds. The normalized spacial score (nSPS) is 27.9. The Morgan fingerprint density at radius 1 is 1.29 bits per heavy atom. The highest BCUT2D eigenvalue weighted by molar-refractivity contribution is 9.10. The number of hydrogen-bond acceptors (Lipinski definition) is 3. The van der Waals surface area contributed by atoms with Crippen LogP contribution in [-0.2, 0) is 4.79 Å². The summed E-state index contributed by atoms with van der Waals surface area (Å²) in [5.74, 6) is 0.0608. The van der Waals surface area contributed by atoms with Gasteiger partial charge in [-0.15, -0.1) is 0 Å². The lowest BCUT2D eigenvalue weighted by Crippen LogP contribution is -2.48. The molecular formula is C16H22BrN3O. The van der Waals surface area contributed by atoms with Crippen molar-refractivity contribution >= 4 is 27.5 Å². The molecule has 2 aliphatic heterocycles. The monoisotopic (exact) mass is 351 g/mol. The maximum atomic E-state index is 12.1. The van der Waals surface area contributed by atoms with Gasteiger partial charge in [0, 0.05) is 28.3 Å².